The summed E-state index contributed by atoms with van der Waals surface area (Å²) in [5, 5.41) is 10.9. The first-order chi connectivity index (χ1) is 20.5. The van der Waals surface area contributed by atoms with E-state index in [-0.39, 0.29) is 12.5 Å². The molecule has 10 nitrogen and oxygen atoms in total. The molecule has 0 saturated carbocycles. The Morgan fingerprint density at radius 1 is 1.00 bits per heavy atom. The van der Waals surface area contributed by atoms with Crippen molar-refractivity contribution in [2.45, 2.75) is 20.0 Å². The molecule has 2 N–H and O–H groups in total. The van der Waals surface area contributed by atoms with Gasteiger partial charge in [0.05, 0.1) is 18.6 Å². The van der Waals surface area contributed by atoms with E-state index in [1.54, 1.807) is 12.5 Å². The third kappa shape index (κ3) is 4.83. The van der Waals surface area contributed by atoms with Crippen molar-refractivity contribution in [3.05, 3.63) is 102 Å². The van der Waals surface area contributed by atoms with Crippen molar-refractivity contribution < 1.29 is 14.6 Å². The topological polar surface area (TPSA) is 120 Å². The molecule has 1 aliphatic rings. The molecule has 6 aromatic rings. The molecule has 1 aliphatic heterocycles. The highest BCUT2D eigenvalue weighted by atomic mass is 16.5. The van der Waals surface area contributed by atoms with Crippen LogP contribution in [-0.2, 0) is 13.1 Å². The van der Waals surface area contributed by atoms with Crippen molar-refractivity contribution in [1.29, 1.82) is 0 Å². The van der Waals surface area contributed by atoms with Crippen LogP contribution in [0.2, 0.25) is 0 Å². The SMILES string of the molecule is Cc1ccc2ncnc(N3CCOc4ccc(-c5cnc6[nH]c(N(Cc7ccccc7)C(=O)O)nc6c5)cc4C3)c2c1. The van der Waals surface area contributed by atoms with Crippen LogP contribution in [0.25, 0.3) is 33.2 Å². The lowest BCUT2D eigenvalue weighted by molar-refractivity contribution is 0.201. The van der Waals surface area contributed by atoms with Crippen molar-refractivity contribution in [1.82, 2.24) is 24.9 Å². The normalized spacial score (nSPS) is 13.0. The van der Waals surface area contributed by atoms with Gasteiger partial charge >= 0.3 is 6.09 Å². The number of hydrogen-bond acceptors (Lipinski definition) is 7. The Kier molecular flexibility index (Phi) is 6.35. The number of pyridine rings is 1. The van der Waals surface area contributed by atoms with E-state index in [4.69, 9.17) is 4.74 Å². The van der Waals surface area contributed by atoms with Gasteiger partial charge in [-0.1, -0.05) is 48.0 Å². The molecule has 3 aromatic carbocycles. The van der Waals surface area contributed by atoms with E-state index in [1.807, 2.05) is 54.6 Å². The Labute approximate surface area is 241 Å². The van der Waals surface area contributed by atoms with Gasteiger partial charge in [0.15, 0.2) is 5.65 Å². The number of aromatic nitrogens is 5. The zero-order valence-corrected chi connectivity index (χ0v) is 22.9. The van der Waals surface area contributed by atoms with Crippen LogP contribution in [0, 0.1) is 6.92 Å². The van der Waals surface area contributed by atoms with Crippen molar-refractivity contribution in [2.24, 2.45) is 0 Å². The summed E-state index contributed by atoms with van der Waals surface area (Å²) in [5.41, 5.74) is 6.89. The summed E-state index contributed by atoms with van der Waals surface area (Å²) in [5.74, 6) is 1.95. The number of imidazole rings is 1. The molecule has 0 radical (unpaired) electrons. The number of hydrogen-bond donors (Lipinski definition) is 2. The molecule has 3 aromatic heterocycles. The monoisotopic (exact) mass is 557 g/mol. The summed E-state index contributed by atoms with van der Waals surface area (Å²) in [6, 6.07) is 23.6. The fraction of sp³-hybridized carbons (Fsp3) is 0.156. The maximum atomic E-state index is 12.1. The molecule has 0 atom stereocenters. The average molecular weight is 558 g/mol. The highest BCUT2D eigenvalue weighted by Gasteiger charge is 2.22. The third-order valence-corrected chi connectivity index (χ3v) is 7.44. The maximum absolute atomic E-state index is 12.1. The second kappa shape index (κ2) is 10.5. The van der Waals surface area contributed by atoms with Crippen LogP contribution in [0.1, 0.15) is 16.7 Å². The molecule has 4 heterocycles. The van der Waals surface area contributed by atoms with Crippen molar-refractivity contribution in [3.8, 4) is 16.9 Å². The number of fused-ring (bicyclic) bond motifs is 3. The second-order valence-corrected chi connectivity index (χ2v) is 10.3. The van der Waals surface area contributed by atoms with Crippen LogP contribution < -0.4 is 14.5 Å². The number of aryl methyl sites for hydroxylation is 1. The molecule has 0 saturated heterocycles. The summed E-state index contributed by atoms with van der Waals surface area (Å²) >= 11 is 0. The van der Waals surface area contributed by atoms with Gasteiger partial charge in [-0.05, 0) is 48.4 Å². The lowest BCUT2D eigenvalue weighted by Gasteiger charge is -2.22. The Hall–Kier alpha value is -5.51. The second-order valence-electron chi connectivity index (χ2n) is 10.3. The van der Waals surface area contributed by atoms with Gasteiger partial charge in [0.2, 0.25) is 5.95 Å². The van der Waals surface area contributed by atoms with E-state index >= 15 is 0 Å². The van der Waals surface area contributed by atoms with Gasteiger partial charge in [-0.3, -0.25) is 0 Å². The van der Waals surface area contributed by atoms with E-state index in [0.717, 1.165) is 50.3 Å². The number of carboxylic acid groups (broad SMARTS) is 1. The molecule has 0 aliphatic carbocycles. The Morgan fingerprint density at radius 2 is 1.88 bits per heavy atom. The fourth-order valence-electron chi connectivity index (χ4n) is 5.33. The van der Waals surface area contributed by atoms with Crippen molar-refractivity contribution >= 4 is 39.9 Å². The van der Waals surface area contributed by atoms with Crippen LogP contribution >= 0.6 is 0 Å². The lowest BCUT2D eigenvalue weighted by atomic mass is 10.0. The minimum absolute atomic E-state index is 0.172. The molecular formula is C32H27N7O3. The number of benzene rings is 3. The Bertz CT molecular complexity index is 1940. The quantitative estimate of drug-likeness (QED) is 0.266. The van der Waals surface area contributed by atoms with E-state index < -0.39 is 6.09 Å². The van der Waals surface area contributed by atoms with Gasteiger partial charge in [-0.15, -0.1) is 0 Å². The largest absolute Gasteiger partial charge is 0.491 e. The average Bonchev–Trinajstić information content (AvgIpc) is 3.31. The molecule has 0 fully saturated rings. The highest BCUT2D eigenvalue weighted by molar-refractivity contribution is 5.90. The number of nitrogens with zero attached hydrogens (tertiary/aromatic N) is 6. The summed E-state index contributed by atoms with van der Waals surface area (Å²) in [7, 11) is 0. The molecule has 0 spiro atoms. The molecule has 42 heavy (non-hydrogen) atoms. The van der Waals surface area contributed by atoms with Gasteiger partial charge in [0.25, 0.3) is 0 Å². The molecule has 1 amide bonds. The molecule has 0 unspecified atom stereocenters. The molecule has 7 rings (SSSR count). The minimum atomic E-state index is -1.10. The number of carbonyl (C=O) groups is 1. The minimum Gasteiger partial charge on any atom is -0.491 e. The highest BCUT2D eigenvalue weighted by Crippen LogP contribution is 2.33. The summed E-state index contributed by atoms with van der Waals surface area (Å²) < 4.78 is 6.12. The predicted octanol–water partition coefficient (Wildman–Crippen LogP) is 5.96. The fourth-order valence-corrected chi connectivity index (χ4v) is 5.33. The van der Waals surface area contributed by atoms with E-state index in [2.05, 4.69) is 54.9 Å². The van der Waals surface area contributed by atoms with Crippen LogP contribution in [0.5, 0.6) is 5.75 Å². The maximum Gasteiger partial charge on any atom is 0.414 e. The van der Waals surface area contributed by atoms with Crippen LogP contribution in [0.15, 0.2) is 85.3 Å². The van der Waals surface area contributed by atoms with Crippen LogP contribution in [0.3, 0.4) is 0 Å². The smallest absolute Gasteiger partial charge is 0.414 e. The van der Waals surface area contributed by atoms with Crippen LogP contribution in [-0.4, -0.2) is 49.3 Å². The first-order valence-corrected chi connectivity index (χ1v) is 13.6. The number of H-pyrrole nitrogens is 1. The standard InChI is InChI=1S/C32H27N7O3/c1-20-7-9-26-25(13-20)30(35-19-34-26)38-11-12-42-28-10-8-22(14-24(28)18-38)23-15-27-29(33-16-23)37-31(36-27)39(32(40)41)17-21-5-3-2-4-6-21/h2-10,13-16,19H,11-12,17-18H2,1H3,(H,40,41)(H,33,36,37). The van der Waals surface area contributed by atoms with Crippen LogP contribution in [0.4, 0.5) is 16.6 Å². The number of nitrogens with one attached hydrogen (secondary N) is 1. The van der Waals surface area contributed by atoms with E-state index in [0.29, 0.717) is 30.9 Å². The lowest BCUT2D eigenvalue weighted by Crippen LogP contribution is -2.29. The van der Waals surface area contributed by atoms with Gasteiger partial charge in [0, 0.05) is 29.3 Å². The summed E-state index contributed by atoms with van der Waals surface area (Å²) in [6.45, 7) is 4.09. The first kappa shape index (κ1) is 25.5. The van der Waals surface area contributed by atoms with Gasteiger partial charge in [-0.25, -0.2) is 29.6 Å². The zero-order chi connectivity index (χ0) is 28.6. The number of anilines is 2. The molecule has 0 bridgehead atoms. The van der Waals surface area contributed by atoms with Gasteiger partial charge in [-0.2, -0.15) is 0 Å². The van der Waals surface area contributed by atoms with Gasteiger partial charge in [0.1, 0.15) is 30.0 Å². The molecule has 208 valence electrons. The van der Waals surface area contributed by atoms with Crippen molar-refractivity contribution in [2.75, 3.05) is 23.0 Å². The first-order valence-electron chi connectivity index (χ1n) is 13.6. The third-order valence-electron chi connectivity index (χ3n) is 7.44. The van der Waals surface area contributed by atoms with Crippen molar-refractivity contribution in [3.63, 3.8) is 0 Å². The zero-order valence-electron chi connectivity index (χ0n) is 22.9. The van der Waals surface area contributed by atoms with E-state index in [9.17, 15) is 9.90 Å². The molecule has 10 heteroatoms. The van der Waals surface area contributed by atoms with Gasteiger partial charge < -0.3 is 19.7 Å². The predicted molar refractivity (Wildman–Crippen MR) is 161 cm³/mol. The number of amides is 1. The van der Waals surface area contributed by atoms with E-state index in [1.165, 1.54) is 4.90 Å². The number of aromatic amines is 1. The number of rotatable bonds is 5. The Morgan fingerprint density at radius 3 is 2.74 bits per heavy atom. The Balaban J connectivity index is 1.20. The molecular weight excluding hydrogens is 530 g/mol. The number of ether oxygens (including phenoxy) is 1. The summed E-state index contributed by atoms with van der Waals surface area (Å²) in [4.78, 5) is 36.8. The summed E-state index contributed by atoms with van der Waals surface area (Å²) in [6.07, 6.45) is 2.28.